The first kappa shape index (κ1) is 19.7. The molecule has 4 atom stereocenters. The number of non-ortho nitro benzene ring substituents is 1. The standard InChI is InChI=1S/C17H17N5O6S/c23-6-12-13(24)14(25)17(28-12)21-15-11(5-20-21)16(19-8-18-15)29-7-9-1-3-10(4-2-9)22(26)27/h1-5,8,12-14,17,23-25H,6-7H2/t12-,13-,14-,17?/m1/s1. The summed E-state index contributed by atoms with van der Waals surface area (Å²) in [5, 5.41) is 45.7. The van der Waals surface area contributed by atoms with Crippen molar-refractivity contribution in [2.24, 2.45) is 0 Å². The van der Waals surface area contributed by atoms with Crippen molar-refractivity contribution in [2.75, 3.05) is 6.61 Å². The predicted octanol–water partition coefficient (Wildman–Crippen LogP) is 0.638. The smallest absolute Gasteiger partial charge is 0.269 e. The molecule has 0 aliphatic carbocycles. The number of rotatable bonds is 6. The average Bonchev–Trinajstić information content (AvgIpc) is 3.28. The summed E-state index contributed by atoms with van der Waals surface area (Å²) in [6.07, 6.45) is -1.49. The lowest BCUT2D eigenvalue weighted by atomic mass is 10.1. The molecule has 0 spiro atoms. The van der Waals surface area contributed by atoms with Gasteiger partial charge in [0.15, 0.2) is 11.9 Å². The maximum atomic E-state index is 10.7. The Balaban J connectivity index is 1.55. The molecule has 12 heteroatoms. The minimum Gasteiger partial charge on any atom is -0.394 e. The van der Waals surface area contributed by atoms with Crippen molar-refractivity contribution >= 4 is 28.5 Å². The molecule has 3 N–H and O–H groups in total. The number of nitrogens with zero attached hydrogens (tertiary/aromatic N) is 5. The van der Waals surface area contributed by atoms with Gasteiger partial charge >= 0.3 is 0 Å². The summed E-state index contributed by atoms with van der Waals surface area (Å²) < 4.78 is 6.87. The third-order valence-electron chi connectivity index (χ3n) is 4.64. The molecule has 3 heterocycles. The summed E-state index contributed by atoms with van der Waals surface area (Å²) in [5.41, 5.74) is 1.34. The third kappa shape index (κ3) is 3.68. The zero-order valence-corrected chi connectivity index (χ0v) is 15.7. The van der Waals surface area contributed by atoms with Crippen LogP contribution in [0.1, 0.15) is 11.8 Å². The molecule has 11 nitrogen and oxygen atoms in total. The van der Waals surface area contributed by atoms with Crippen molar-refractivity contribution in [3.63, 3.8) is 0 Å². The molecule has 0 radical (unpaired) electrons. The molecule has 4 rings (SSSR count). The van der Waals surface area contributed by atoms with Gasteiger partial charge in [-0.3, -0.25) is 10.1 Å². The highest BCUT2D eigenvalue weighted by Gasteiger charge is 2.44. The quantitative estimate of drug-likeness (QED) is 0.224. The van der Waals surface area contributed by atoms with Gasteiger partial charge in [-0.05, 0) is 5.56 Å². The van der Waals surface area contributed by atoms with Gasteiger partial charge in [-0.25, -0.2) is 14.6 Å². The maximum Gasteiger partial charge on any atom is 0.269 e. The largest absolute Gasteiger partial charge is 0.394 e. The normalized spacial score (nSPS) is 24.2. The Morgan fingerprint density at radius 3 is 2.62 bits per heavy atom. The SMILES string of the molecule is O=[N+]([O-])c1ccc(CSc2ncnc3c2cnn3C2O[C@H](CO)[C@@H](O)[C@H]2O)cc1. The van der Waals surface area contributed by atoms with Crippen LogP contribution in [0.4, 0.5) is 5.69 Å². The summed E-state index contributed by atoms with van der Waals surface area (Å²) in [5.74, 6) is 0.531. The number of nitro benzene ring substituents is 1. The first-order valence-electron chi connectivity index (χ1n) is 8.66. The van der Waals surface area contributed by atoms with E-state index in [-0.39, 0.29) is 5.69 Å². The Bertz CT molecular complexity index is 1030. The molecule has 0 bridgehead atoms. The first-order valence-corrected chi connectivity index (χ1v) is 9.65. The highest BCUT2D eigenvalue weighted by Crippen LogP contribution is 2.33. The van der Waals surface area contributed by atoms with Crippen molar-refractivity contribution < 1.29 is 25.0 Å². The van der Waals surface area contributed by atoms with Gasteiger partial charge in [-0.2, -0.15) is 5.10 Å². The van der Waals surface area contributed by atoms with Crippen LogP contribution in [0, 0.1) is 10.1 Å². The summed E-state index contributed by atoms with van der Waals surface area (Å²) >= 11 is 1.41. The van der Waals surface area contributed by atoms with Crippen LogP contribution in [-0.2, 0) is 10.5 Å². The Hall–Kier alpha value is -2.64. The average molecular weight is 419 g/mol. The summed E-state index contributed by atoms with van der Waals surface area (Å²) in [4.78, 5) is 18.8. The van der Waals surface area contributed by atoms with Crippen LogP contribution >= 0.6 is 11.8 Å². The molecular formula is C17H17N5O6S. The zero-order chi connectivity index (χ0) is 20.5. The second-order valence-corrected chi connectivity index (χ2v) is 7.41. The van der Waals surface area contributed by atoms with E-state index in [4.69, 9.17) is 4.74 Å². The summed E-state index contributed by atoms with van der Waals surface area (Å²) in [6.45, 7) is -0.431. The molecule has 1 unspecified atom stereocenters. The second kappa shape index (κ2) is 8.00. The van der Waals surface area contributed by atoms with Gasteiger partial charge in [0.1, 0.15) is 29.7 Å². The Labute approximate surface area is 168 Å². The second-order valence-electron chi connectivity index (χ2n) is 6.45. The number of aliphatic hydroxyl groups excluding tert-OH is 3. The van der Waals surface area contributed by atoms with Crippen molar-refractivity contribution in [2.45, 2.75) is 35.3 Å². The van der Waals surface area contributed by atoms with Gasteiger partial charge in [0, 0.05) is 17.9 Å². The highest BCUT2D eigenvalue weighted by atomic mass is 32.2. The van der Waals surface area contributed by atoms with Crippen LogP contribution in [-0.4, -0.2) is 64.9 Å². The number of ether oxygens (including phenoxy) is 1. The van der Waals surface area contributed by atoms with Crippen molar-refractivity contribution in [3.05, 3.63) is 52.5 Å². The minimum atomic E-state index is -1.26. The molecule has 1 fully saturated rings. The number of fused-ring (bicyclic) bond motifs is 1. The molecule has 3 aromatic rings. The van der Waals surface area contributed by atoms with Gasteiger partial charge < -0.3 is 20.1 Å². The van der Waals surface area contributed by atoms with Gasteiger partial charge in [-0.1, -0.05) is 12.1 Å². The molecular weight excluding hydrogens is 402 g/mol. The van der Waals surface area contributed by atoms with E-state index in [9.17, 15) is 25.4 Å². The van der Waals surface area contributed by atoms with E-state index < -0.39 is 36.1 Å². The Morgan fingerprint density at radius 2 is 1.97 bits per heavy atom. The van der Waals surface area contributed by atoms with E-state index >= 15 is 0 Å². The van der Waals surface area contributed by atoms with Crippen LogP contribution < -0.4 is 0 Å². The number of aliphatic hydroxyl groups is 3. The number of thioether (sulfide) groups is 1. The van der Waals surface area contributed by atoms with Crippen molar-refractivity contribution in [1.29, 1.82) is 0 Å². The van der Waals surface area contributed by atoms with E-state index in [0.717, 1.165) is 5.56 Å². The van der Waals surface area contributed by atoms with Crippen LogP contribution in [0.2, 0.25) is 0 Å². The fourth-order valence-electron chi connectivity index (χ4n) is 3.09. The molecule has 29 heavy (non-hydrogen) atoms. The highest BCUT2D eigenvalue weighted by molar-refractivity contribution is 7.98. The van der Waals surface area contributed by atoms with E-state index in [2.05, 4.69) is 15.1 Å². The van der Waals surface area contributed by atoms with Crippen LogP contribution in [0.25, 0.3) is 11.0 Å². The molecule has 0 saturated carbocycles. The summed E-state index contributed by atoms with van der Waals surface area (Å²) in [6, 6.07) is 6.27. The van der Waals surface area contributed by atoms with E-state index in [1.54, 1.807) is 18.3 Å². The van der Waals surface area contributed by atoms with Crippen LogP contribution in [0.5, 0.6) is 0 Å². The van der Waals surface area contributed by atoms with Crippen molar-refractivity contribution in [3.8, 4) is 0 Å². The molecule has 1 aromatic carbocycles. The molecule has 1 aliphatic heterocycles. The number of aromatic nitrogens is 4. The number of hydrogen-bond donors (Lipinski definition) is 3. The number of benzene rings is 1. The lowest BCUT2D eigenvalue weighted by Crippen LogP contribution is -2.33. The lowest BCUT2D eigenvalue weighted by Gasteiger charge is -2.15. The lowest BCUT2D eigenvalue weighted by molar-refractivity contribution is -0.384. The minimum absolute atomic E-state index is 0.0305. The molecule has 1 aliphatic rings. The van der Waals surface area contributed by atoms with Crippen LogP contribution in [0.15, 0.2) is 41.8 Å². The fraction of sp³-hybridized carbons (Fsp3) is 0.353. The van der Waals surface area contributed by atoms with Crippen LogP contribution in [0.3, 0.4) is 0 Å². The van der Waals surface area contributed by atoms with E-state index in [0.29, 0.717) is 21.8 Å². The molecule has 0 amide bonds. The molecule has 2 aromatic heterocycles. The monoisotopic (exact) mass is 419 g/mol. The van der Waals surface area contributed by atoms with E-state index in [1.165, 1.54) is 34.9 Å². The Kier molecular flexibility index (Phi) is 5.43. The van der Waals surface area contributed by atoms with Gasteiger partial charge in [-0.15, -0.1) is 11.8 Å². The van der Waals surface area contributed by atoms with Gasteiger partial charge in [0.25, 0.3) is 5.69 Å². The molecule has 152 valence electrons. The summed E-state index contributed by atoms with van der Waals surface area (Å²) in [7, 11) is 0. The Morgan fingerprint density at radius 1 is 1.21 bits per heavy atom. The van der Waals surface area contributed by atoms with Gasteiger partial charge in [0.05, 0.1) is 23.1 Å². The number of hydrogen-bond acceptors (Lipinski definition) is 10. The fourth-order valence-corrected chi connectivity index (χ4v) is 4.01. The van der Waals surface area contributed by atoms with Gasteiger partial charge in [0.2, 0.25) is 0 Å². The molecule has 1 saturated heterocycles. The first-order chi connectivity index (χ1) is 14.0. The zero-order valence-electron chi connectivity index (χ0n) is 14.9. The third-order valence-corrected chi connectivity index (χ3v) is 5.71. The maximum absolute atomic E-state index is 10.7. The predicted molar refractivity (Wildman–Crippen MR) is 101 cm³/mol. The van der Waals surface area contributed by atoms with Crippen molar-refractivity contribution in [1.82, 2.24) is 19.7 Å². The van der Waals surface area contributed by atoms with E-state index in [1.807, 2.05) is 0 Å². The number of nitro groups is 1. The topological polar surface area (TPSA) is 157 Å².